The third kappa shape index (κ3) is 5.16. The number of hydrogen-bond acceptors (Lipinski definition) is 4. The van der Waals surface area contributed by atoms with Crippen LogP contribution in [0.1, 0.15) is 26.2 Å². The minimum absolute atomic E-state index is 0.00733. The summed E-state index contributed by atoms with van der Waals surface area (Å²) in [7, 11) is 0. The van der Waals surface area contributed by atoms with Crippen molar-refractivity contribution in [1.29, 1.82) is 0 Å². The molecule has 1 aliphatic carbocycles. The maximum Gasteiger partial charge on any atom is 0.307 e. The van der Waals surface area contributed by atoms with E-state index in [1.54, 1.807) is 0 Å². The Morgan fingerprint density at radius 2 is 1.95 bits per heavy atom. The smallest absolute Gasteiger partial charge is 0.307 e. The summed E-state index contributed by atoms with van der Waals surface area (Å²) in [6, 6.07) is 0. The molecule has 0 aromatic heterocycles. The summed E-state index contributed by atoms with van der Waals surface area (Å²) in [6.45, 7) is 3.22. The van der Waals surface area contributed by atoms with Gasteiger partial charge in [0.25, 0.3) is 0 Å². The number of carbonyl (C=O) groups excluding carboxylic acids is 1. The monoisotopic (exact) mass is 273 g/mol. The summed E-state index contributed by atoms with van der Waals surface area (Å²) >= 11 is 0. The highest BCUT2D eigenvalue weighted by Crippen LogP contribution is 2.36. The van der Waals surface area contributed by atoms with E-state index < -0.39 is 17.8 Å². The Hall–Kier alpha value is -1.14. The molecule has 0 heterocycles. The average Bonchev–Trinajstić information content (AvgIpc) is 2.76. The third-order valence-corrected chi connectivity index (χ3v) is 3.45. The Morgan fingerprint density at radius 1 is 1.26 bits per heavy atom. The molecule has 0 aromatic carbocycles. The lowest BCUT2D eigenvalue weighted by atomic mass is 9.95. The lowest BCUT2D eigenvalue weighted by Gasteiger charge is -2.15. The molecule has 1 amide bonds. The van der Waals surface area contributed by atoms with Gasteiger partial charge in [0.1, 0.15) is 0 Å². The Bertz CT molecular complexity index is 307. The molecular weight excluding hydrogens is 250 g/mol. The molecule has 3 atom stereocenters. The van der Waals surface area contributed by atoms with Crippen molar-refractivity contribution in [3.63, 3.8) is 0 Å². The van der Waals surface area contributed by atoms with Crippen LogP contribution in [0, 0.1) is 17.8 Å². The fourth-order valence-corrected chi connectivity index (χ4v) is 2.54. The van der Waals surface area contributed by atoms with Crippen molar-refractivity contribution in [1.82, 2.24) is 5.32 Å². The predicted octanol–water partition coefficient (Wildman–Crippen LogP) is 0.249. The fourth-order valence-electron chi connectivity index (χ4n) is 2.54. The lowest BCUT2D eigenvalue weighted by Crippen LogP contribution is -2.36. The molecule has 1 unspecified atom stereocenters. The van der Waals surface area contributed by atoms with Crippen molar-refractivity contribution in [3.8, 4) is 0 Å². The maximum absolute atomic E-state index is 11.9. The van der Waals surface area contributed by atoms with E-state index >= 15 is 0 Å². The van der Waals surface area contributed by atoms with E-state index in [1.807, 2.05) is 6.92 Å². The molecule has 1 aliphatic rings. The zero-order valence-electron chi connectivity index (χ0n) is 11.3. The van der Waals surface area contributed by atoms with E-state index in [0.717, 1.165) is 0 Å². The summed E-state index contributed by atoms with van der Waals surface area (Å²) in [5.74, 6) is -1.73. The minimum atomic E-state index is -0.879. The summed E-state index contributed by atoms with van der Waals surface area (Å²) in [4.78, 5) is 23.0. The zero-order valence-corrected chi connectivity index (χ0v) is 11.3. The van der Waals surface area contributed by atoms with E-state index in [2.05, 4.69) is 5.32 Å². The normalized spacial score (nSPS) is 26.3. The molecule has 0 spiro atoms. The van der Waals surface area contributed by atoms with Gasteiger partial charge in [-0.2, -0.15) is 0 Å². The fraction of sp³-hybridized carbons (Fsp3) is 0.846. The molecule has 0 aromatic rings. The number of carboxylic acid groups (broad SMARTS) is 1. The molecule has 1 saturated carbocycles. The van der Waals surface area contributed by atoms with Crippen LogP contribution in [-0.2, 0) is 14.3 Å². The number of ether oxygens (including phenoxy) is 1. The van der Waals surface area contributed by atoms with Crippen molar-refractivity contribution >= 4 is 11.9 Å². The quantitative estimate of drug-likeness (QED) is 0.551. The molecule has 1 rings (SSSR count). The molecule has 0 bridgehead atoms. The van der Waals surface area contributed by atoms with Crippen molar-refractivity contribution in [2.24, 2.45) is 17.8 Å². The van der Waals surface area contributed by atoms with Gasteiger partial charge in [-0.3, -0.25) is 9.59 Å². The second-order valence-electron chi connectivity index (χ2n) is 5.11. The van der Waals surface area contributed by atoms with E-state index in [1.165, 1.54) is 0 Å². The van der Waals surface area contributed by atoms with Crippen LogP contribution in [0.5, 0.6) is 0 Å². The molecule has 6 nitrogen and oxygen atoms in total. The van der Waals surface area contributed by atoms with Crippen LogP contribution in [0.4, 0.5) is 0 Å². The van der Waals surface area contributed by atoms with Gasteiger partial charge in [0.2, 0.25) is 5.91 Å². The maximum atomic E-state index is 11.9. The number of hydrogen-bond donors (Lipinski definition) is 3. The Labute approximate surface area is 113 Å². The van der Waals surface area contributed by atoms with Gasteiger partial charge in [0.05, 0.1) is 25.0 Å². The van der Waals surface area contributed by atoms with Crippen molar-refractivity contribution in [2.45, 2.75) is 26.2 Å². The standard InChI is InChI=1S/C13H23NO5/c1-9-7-10(11(8-9)13(17)18)12(16)14-3-2-5-19-6-4-15/h9-11,15H,2-8H2,1H3,(H,14,16)(H,17,18)/t9?,10-,11+/m0/s1. The second-order valence-corrected chi connectivity index (χ2v) is 5.11. The van der Waals surface area contributed by atoms with Gasteiger partial charge in [0, 0.05) is 13.2 Å². The largest absolute Gasteiger partial charge is 0.481 e. The highest BCUT2D eigenvalue weighted by Gasteiger charge is 2.40. The van der Waals surface area contributed by atoms with Crippen LogP contribution in [0.3, 0.4) is 0 Å². The van der Waals surface area contributed by atoms with Gasteiger partial charge < -0.3 is 20.3 Å². The van der Waals surface area contributed by atoms with E-state index in [4.69, 9.17) is 14.9 Å². The molecule has 1 fully saturated rings. The number of aliphatic hydroxyl groups is 1. The van der Waals surface area contributed by atoms with Crippen molar-refractivity contribution < 1.29 is 24.5 Å². The topological polar surface area (TPSA) is 95.9 Å². The SMILES string of the molecule is CC1C[C@H](C(=O)NCCCOCCO)[C@H](C(=O)O)C1. The highest BCUT2D eigenvalue weighted by molar-refractivity contribution is 5.85. The van der Waals surface area contributed by atoms with Gasteiger partial charge in [-0.1, -0.05) is 6.92 Å². The lowest BCUT2D eigenvalue weighted by molar-refractivity contribution is -0.146. The van der Waals surface area contributed by atoms with Gasteiger partial charge in [-0.25, -0.2) is 0 Å². The summed E-state index contributed by atoms with van der Waals surface area (Å²) in [5, 5.41) is 20.4. The van der Waals surface area contributed by atoms with E-state index in [0.29, 0.717) is 39.0 Å². The van der Waals surface area contributed by atoms with Crippen LogP contribution in [0.25, 0.3) is 0 Å². The molecule has 0 radical (unpaired) electrons. The predicted molar refractivity (Wildman–Crippen MR) is 68.5 cm³/mol. The molecular formula is C13H23NO5. The first kappa shape index (κ1) is 15.9. The van der Waals surface area contributed by atoms with Crippen LogP contribution < -0.4 is 5.32 Å². The number of aliphatic hydroxyl groups excluding tert-OH is 1. The number of carbonyl (C=O) groups is 2. The summed E-state index contributed by atoms with van der Waals surface area (Å²) in [5.41, 5.74) is 0. The first-order valence-electron chi connectivity index (χ1n) is 6.75. The number of rotatable bonds is 8. The molecule has 0 saturated heterocycles. The van der Waals surface area contributed by atoms with Gasteiger partial charge in [0.15, 0.2) is 0 Å². The number of amides is 1. The van der Waals surface area contributed by atoms with Crippen LogP contribution in [0.2, 0.25) is 0 Å². The highest BCUT2D eigenvalue weighted by atomic mass is 16.5. The van der Waals surface area contributed by atoms with Gasteiger partial charge in [-0.15, -0.1) is 0 Å². The Kier molecular flexibility index (Phi) is 6.80. The first-order chi connectivity index (χ1) is 9.06. The van der Waals surface area contributed by atoms with Gasteiger partial charge >= 0.3 is 5.97 Å². The number of aliphatic carboxylic acids is 1. The summed E-state index contributed by atoms with van der Waals surface area (Å²) < 4.78 is 5.07. The Balaban J connectivity index is 2.26. The number of carboxylic acids is 1. The molecule has 0 aliphatic heterocycles. The number of nitrogens with one attached hydrogen (secondary N) is 1. The van der Waals surface area contributed by atoms with Crippen LogP contribution in [-0.4, -0.2) is 48.5 Å². The van der Waals surface area contributed by atoms with Crippen LogP contribution in [0.15, 0.2) is 0 Å². The second kappa shape index (κ2) is 8.12. The van der Waals surface area contributed by atoms with Gasteiger partial charge in [-0.05, 0) is 25.2 Å². The van der Waals surface area contributed by atoms with Crippen molar-refractivity contribution in [2.75, 3.05) is 26.4 Å². The van der Waals surface area contributed by atoms with Crippen molar-refractivity contribution in [3.05, 3.63) is 0 Å². The Morgan fingerprint density at radius 3 is 2.58 bits per heavy atom. The zero-order chi connectivity index (χ0) is 14.3. The summed E-state index contributed by atoms with van der Waals surface area (Å²) in [6.07, 6.45) is 1.88. The molecule has 3 N–H and O–H groups in total. The molecule has 19 heavy (non-hydrogen) atoms. The van der Waals surface area contributed by atoms with E-state index in [9.17, 15) is 9.59 Å². The average molecular weight is 273 g/mol. The van der Waals surface area contributed by atoms with E-state index in [-0.39, 0.29) is 18.4 Å². The molecule has 110 valence electrons. The first-order valence-corrected chi connectivity index (χ1v) is 6.75. The van der Waals surface area contributed by atoms with Crippen LogP contribution >= 0.6 is 0 Å². The molecule has 6 heteroatoms. The third-order valence-electron chi connectivity index (χ3n) is 3.45. The minimum Gasteiger partial charge on any atom is -0.481 e.